The zero-order valence-corrected chi connectivity index (χ0v) is 12.4. The van der Waals surface area contributed by atoms with Crippen molar-refractivity contribution in [3.63, 3.8) is 0 Å². The monoisotopic (exact) mass is 275 g/mol. The third-order valence-corrected chi connectivity index (χ3v) is 4.90. The Morgan fingerprint density at radius 1 is 1.15 bits per heavy atom. The minimum Gasteiger partial charge on any atom is -0.490 e. The Kier molecular flexibility index (Phi) is 3.88. The molecule has 1 aromatic rings. The lowest BCUT2D eigenvalue weighted by atomic mass is 9.73. The molecule has 0 bridgehead atoms. The lowest BCUT2D eigenvalue weighted by Crippen LogP contribution is -2.40. The standard InChI is InChI=1S/C17H25NO2/c1-2-13-6-8-17(18,9-7-13)14-4-5-15-16(12-14)20-11-3-10-19-15/h4-5,12-13H,2-3,6-11,18H2,1H3. The zero-order valence-electron chi connectivity index (χ0n) is 12.4. The molecule has 1 heterocycles. The van der Waals surface area contributed by atoms with E-state index in [2.05, 4.69) is 19.1 Å². The van der Waals surface area contributed by atoms with Gasteiger partial charge < -0.3 is 15.2 Å². The molecule has 1 aromatic carbocycles. The Morgan fingerprint density at radius 2 is 1.85 bits per heavy atom. The van der Waals surface area contributed by atoms with Gasteiger partial charge in [0.2, 0.25) is 0 Å². The van der Waals surface area contributed by atoms with E-state index in [-0.39, 0.29) is 5.54 Å². The van der Waals surface area contributed by atoms with E-state index in [1.807, 2.05) is 6.07 Å². The van der Waals surface area contributed by atoms with Crippen LogP contribution in [0.2, 0.25) is 0 Å². The third kappa shape index (κ3) is 2.64. The molecule has 3 rings (SSSR count). The molecule has 1 aliphatic carbocycles. The van der Waals surface area contributed by atoms with Crippen LogP contribution in [0.15, 0.2) is 18.2 Å². The SMILES string of the molecule is CCC1CCC(N)(c2ccc3c(c2)OCCCO3)CC1. The van der Waals surface area contributed by atoms with Crippen molar-refractivity contribution in [1.29, 1.82) is 0 Å². The summed E-state index contributed by atoms with van der Waals surface area (Å²) < 4.78 is 11.5. The van der Waals surface area contributed by atoms with Crippen LogP contribution >= 0.6 is 0 Å². The molecule has 110 valence electrons. The van der Waals surface area contributed by atoms with Gasteiger partial charge in [-0.2, -0.15) is 0 Å². The van der Waals surface area contributed by atoms with Gasteiger partial charge in [0.25, 0.3) is 0 Å². The van der Waals surface area contributed by atoms with Gasteiger partial charge in [-0.3, -0.25) is 0 Å². The summed E-state index contributed by atoms with van der Waals surface area (Å²) in [5.41, 5.74) is 7.69. The van der Waals surface area contributed by atoms with Crippen molar-refractivity contribution in [1.82, 2.24) is 0 Å². The van der Waals surface area contributed by atoms with Crippen LogP contribution in [0.3, 0.4) is 0 Å². The lowest BCUT2D eigenvalue weighted by Gasteiger charge is -2.37. The van der Waals surface area contributed by atoms with Gasteiger partial charge in [0.1, 0.15) is 0 Å². The number of hydrogen-bond acceptors (Lipinski definition) is 3. The zero-order chi connectivity index (χ0) is 14.0. The molecule has 3 nitrogen and oxygen atoms in total. The molecule has 20 heavy (non-hydrogen) atoms. The molecule has 0 atom stereocenters. The topological polar surface area (TPSA) is 44.5 Å². The van der Waals surface area contributed by atoms with Crippen LogP contribution in [0.5, 0.6) is 11.5 Å². The third-order valence-electron chi connectivity index (χ3n) is 4.90. The van der Waals surface area contributed by atoms with Crippen LogP contribution in [0, 0.1) is 5.92 Å². The van der Waals surface area contributed by atoms with Crippen molar-refractivity contribution in [2.24, 2.45) is 11.7 Å². The Hall–Kier alpha value is -1.22. The summed E-state index contributed by atoms with van der Waals surface area (Å²) in [5, 5.41) is 0. The Morgan fingerprint density at radius 3 is 2.55 bits per heavy atom. The van der Waals surface area contributed by atoms with Crippen LogP contribution in [-0.2, 0) is 5.54 Å². The summed E-state index contributed by atoms with van der Waals surface area (Å²) in [4.78, 5) is 0. The predicted octanol–water partition coefficient (Wildman–Crippen LogP) is 3.60. The van der Waals surface area contributed by atoms with Crippen molar-refractivity contribution in [2.75, 3.05) is 13.2 Å². The summed E-state index contributed by atoms with van der Waals surface area (Å²) in [6.45, 7) is 3.74. The molecular weight excluding hydrogens is 250 g/mol. The Balaban J connectivity index is 1.81. The van der Waals surface area contributed by atoms with Crippen LogP contribution in [0.1, 0.15) is 51.0 Å². The van der Waals surface area contributed by atoms with E-state index in [0.717, 1.165) is 49.9 Å². The molecule has 0 saturated heterocycles. The van der Waals surface area contributed by atoms with E-state index in [0.29, 0.717) is 0 Å². The van der Waals surface area contributed by atoms with Gasteiger partial charge in [-0.05, 0) is 49.3 Å². The maximum Gasteiger partial charge on any atom is 0.161 e. The molecule has 2 N–H and O–H groups in total. The highest BCUT2D eigenvalue weighted by Crippen LogP contribution is 2.41. The van der Waals surface area contributed by atoms with Gasteiger partial charge in [-0.25, -0.2) is 0 Å². The first-order valence-electron chi connectivity index (χ1n) is 7.90. The van der Waals surface area contributed by atoms with Crippen molar-refractivity contribution >= 4 is 0 Å². The minimum absolute atomic E-state index is 0.184. The highest BCUT2D eigenvalue weighted by Gasteiger charge is 2.33. The molecule has 0 amide bonds. The number of ether oxygens (including phenoxy) is 2. The smallest absolute Gasteiger partial charge is 0.161 e. The van der Waals surface area contributed by atoms with Gasteiger partial charge in [0.15, 0.2) is 11.5 Å². The minimum atomic E-state index is -0.184. The predicted molar refractivity (Wildman–Crippen MR) is 80.2 cm³/mol. The van der Waals surface area contributed by atoms with Gasteiger partial charge in [0, 0.05) is 12.0 Å². The molecule has 0 unspecified atom stereocenters. The van der Waals surface area contributed by atoms with E-state index in [1.54, 1.807) is 0 Å². The summed E-state index contributed by atoms with van der Waals surface area (Å²) in [7, 11) is 0. The second kappa shape index (κ2) is 5.65. The Labute approximate surface area is 121 Å². The fourth-order valence-corrected chi connectivity index (χ4v) is 3.36. The van der Waals surface area contributed by atoms with E-state index in [4.69, 9.17) is 15.2 Å². The van der Waals surface area contributed by atoms with Crippen molar-refractivity contribution in [2.45, 2.75) is 51.0 Å². The van der Waals surface area contributed by atoms with Crippen LogP contribution in [0.25, 0.3) is 0 Å². The van der Waals surface area contributed by atoms with Crippen LogP contribution in [0.4, 0.5) is 0 Å². The maximum absolute atomic E-state index is 6.67. The second-order valence-corrected chi connectivity index (χ2v) is 6.22. The molecule has 3 heteroatoms. The number of benzene rings is 1. The van der Waals surface area contributed by atoms with Crippen molar-refractivity contribution in [3.05, 3.63) is 23.8 Å². The van der Waals surface area contributed by atoms with Gasteiger partial charge in [-0.15, -0.1) is 0 Å². The normalized spacial score (nSPS) is 29.8. The number of fused-ring (bicyclic) bond motifs is 1. The van der Waals surface area contributed by atoms with E-state index in [1.165, 1.54) is 24.8 Å². The molecular formula is C17H25NO2. The lowest BCUT2D eigenvalue weighted by molar-refractivity contribution is 0.230. The fourth-order valence-electron chi connectivity index (χ4n) is 3.36. The number of rotatable bonds is 2. The molecule has 1 aliphatic heterocycles. The molecule has 0 aromatic heterocycles. The van der Waals surface area contributed by atoms with Crippen molar-refractivity contribution < 1.29 is 9.47 Å². The van der Waals surface area contributed by atoms with E-state index >= 15 is 0 Å². The molecule has 1 fully saturated rings. The fraction of sp³-hybridized carbons (Fsp3) is 0.647. The summed E-state index contributed by atoms with van der Waals surface area (Å²) in [5.74, 6) is 2.58. The molecule has 1 saturated carbocycles. The van der Waals surface area contributed by atoms with Gasteiger partial charge in [-0.1, -0.05) is 19.4 Å². The number of nitrogens with two attached hydrogens (primary N) is 1. The number of hydrogen-bond donors (Lipinski definition) is 1. The second-order valence-electron chi connectivity index (χ2n) is 6.22. The van der Waals surface area contributed by atoms with Crippen LogP contribution in [-0.4, -0.2) is 13.2 Å². The average molecular weight is 275 g/mol. The van der Waals surface area contributed by atoms with Crippen molar-refractivity contribution in [3.8, 4) is 11.5 Å². The molecule has 2 aliphatic rings. The quantitative estimate of drug-likeness (QED) is 0.897. The Bertz CT molecular complexity index is 464. The highest BCUT2D eigenvalue weighted by atomic mass is 16.5. The van der Waals surface area contributed by atoms with Gasteiger partial charge in [0.05, 0.1) is 13.2 Å². The largest absolute Gasteiger partial charge is 0.490 e. The van der Waals surface area contributed by atoms with Gasteiger partial charge >= 0.3 is 0 Å². The van der Waals surface area contributed by atoms with E-state index in [9.17, 15) is 0 Å². The molecule has 0 spiro atoms. The molecule has 0 radical (unpaired) electrons. The summed E-state index contributed by atoms with van der Waals surface area (Å²) in [6.07, 6.45) is 6.84. The average Bonchev–Trinajstić information content (AvgIpc) is 2.72. The first-order chi connectivity index (χ1) is 9.71. The van der Waals surface area contributed by atoms with Crippen LogP contribution < -0.4 is 15.2 Å². The first kappa shape index (κ1) is 13.7. The highest BCUT2D eigenvalue weighted by molar-refractivity contribution is 5.45. The van der Waals surface area contributed by atoms with E-state index < -0.39 is 0 Å². The summed E-state index contributed by atoms with van der Waals surface area (Å²) in [6, 6.07) is 6.25. The summed E-state index contributed by atoms with van der Waals surface area (Å²) >= 11 is 0. The maximum atomic E-state index is 6.67. The first-order valence-corrected chi connectivity index (χ1v) is 7.90.